The van der Waals surface area contributed by atoms with Gasteiger partial charge in [0, 0.05) is 31.0 Å². The number of ketones is 1. The molecule has 2 aromatic rings. The number of hydrogen-bond donors (Lipinski definition) is 2. The van der Waals surface area contributed by atoms with E-state index < -0.39 is 21.5 Å². The van der Waals surface area contributed by atoms with Crippen molar-refractivity contribution in [1.82, 2.24) is 4.90 Å². The number of aliphatic hydroxyl groups is 2. The third-order valence-electron chi connectivity index (χ3n) is 5.73. The average molecular weight is 546 g/mol. The van der Waals surface area contributed by atoms with Crippen LogP contribution >= 0.6 is 0 Å². The van der Waals surface area contributed by atoms with Gasteiger partial charge in [-0.25, -0.2) is 8.42 Å². The molecule has 1 amide bonds. The number of aliphatic hydroxyl groups excluding tert-OH is 2. The quantitative estimate of drug-likeness (QED) is 0.243. The van der Waals surface area contributed by atoms with Crippen LogP contribution in [-0.4, -0.2) is 81.0 Å². The van der Waals surface area contributed by atoms with Crippen molar-refractivity contribution in [3.8, 4) is 11.5 Å². The first-order valence-electron chi connectivity index (χ1n) is 12.1. The number of benzene rings is 2. The van der Waals surface area contributed by atoms with Crippen LogP contribution in [0.5, 0.6) is 11.5 Å². The number of sulfone groups is 1. The Morgan fingerprint density at radius 3 is 1.97 bits per heavy atom. The summed E-state index contributed by atoms with van der Waals surface area (Å²) in [5.41, 5.74) is 1.35. The second-order valence-electron chi connectivity index (χ2n) is 8.39. The third kappa shape index (κ3) is 7.77. The Balaban J connectivity index is 2.78. The minimum Gasteiger partial charge on any atom is -0.489 e. The molecule has 0 radical (unpaired) electrons. The van der Waals surface area contributed by atoms with Crippen LogP contribution in [-0.2, 0) is 27.5 Å². The first-order valence-corrected chi connectivity index (χ1v) is 14.0. The average Bonchev–Trinajstić information content (AvgIpc) is 2.89. The van der Waals surface area contributed by atoms with Crippen LogP contribution in [0.15, 0.2) is 60.5 Å². The van der Waals surface area contributed by atoms with E-state index in [0.717, 1.165) is 6.26 Å². The molecule has 0 atom stereocenters. The van der Waals surface area contributed by atoms with Gasteiger partial charge >= 0.3 is 0 Å². The number of carbonyl (C=O) groups excluding carboxylic acids is 2. The number of amides is 1. The molecule has 0 bridgehead atoms. The van der Waals surface area contributed by atoms with Crippen LogP contribution in [0, 0.1) is 0 Å². The molecule has 0 unspecified atom stereocenters. The van der Waals surface area contributed by atoms with Crippen LogP contribution < -0.4 is 9.47 Å². The van der Waals surface area contributed by atoms with Crippen molar-refractivity contribution in [2.45, 2.75) is 24.7 Å². The van der Waals surface area contributed by atoms with Crippen molar-refractivity contribution < 1.29 is 37.7 Å². The molecule has 2 rings (SSSR count). The van der Waals surface area contributed by atoms with Gasteiger partial charge in [-0.05, 0) is 41.8 Å². The number of carbonyl (C=O) groups is 2. The molecule has 0 aliphatic carbocycles. The van der Waals surface area contributed by atoms with Crippen LogP contribution in [0.2, 0.25) is 0 Å². The zero-order valence-corrected chi connectivity index (χ0v) is 22.6. The van der Waals surface area contributed by atoms with Gasteiger partial charge in [0.25, 0.3) is 0 Å². The van der Waals surface area contributed by atoms with E-state index in [2.05, 4.69) is 13.2 Å². The zero-order chi connectivity index (χ0) is 28.3. The number of rotatable bonds is 16. The van der Waals surface area contributed by atoms with E-state index in [1.54, 1.807) is 12.1 Å². The Labute approximate surface area is 223 Å². The maximum absolute atomic E-state index is 13.9. The van der Waals surface area contributed by atoms with E-state index in [1.165, 1.54) is 35.2 Å². The van der Waals surface area contributed by atoms with Gasteiger partial charge in [-0.15, -0.1) is 0 Å². The molecule has 10 heteroatoms. The fourth-order valence-corrected chi connectivity index (χ4v) is 4.59. The molecule has 0 saturated heterocycles. The van der Waals surface area contributed by atoms with E-state index in [4.69, 9.17) is 9.47 Å². The molecule has 0 spiro atoms. The largest absolute Gasteiger partial charge is 0.489 e. The molecule has 0 saturated carbocycles. The Morgan fingerprint density at radius 1 is 0.947 bits per heavy atom. The highest BCUT2D eigenvalue weighted by atomic mass is 32.2. The fraction of sp³-hybridized carbons (Fsp3) is 0.357. The van der Waals surface area contributed by atoms with E-state index >= 15 is 0 Å². The van der Waals surface area contributed by atoms with Gasteiger partial charge in [-0.2, -0.15) is 0 Å². The lowest BCUT2D eigenvalue weighted by atomic mass is 9.89. The van der Waals surface area contributed by atoms with Crippen LogP contribution in [0.3, 0.4) is 0 Å². The Morgan fingerprint density at radius 2 is 1.50 bits per heavy atom. The first-order chi connectivity index (χ1) is 18.1. The highest BCUT2D eigenvalue weighted by Crippen LogP contribution is 2.37. The van der Waals surface area contributed by atoms with Crippen molar-refractivity contribution in [3.63, 3.8) is 0 Å². The lowest BCUT2D eigenvalue weighted by Gasteiger charge is -2.24. The second-order valence-corrected chi connectivity index (χ2v) is 10.4. The number of ether oxygens (including phenoxy) is 2. The van der Waals surface area contributed by atoms with Crippen molar-refractivity contribution in [3.05, 3.63) is 77.9 Å². The first kappa shape index (κ1) is 30.8. The van der Waals surface area contributed by atoms with Gasteiger partial charge in [0.05, 0.1) is 30.1 Å². The van der Waals surface area contributed by atoms with E-state index in [9.17, 15) is 28.2 Å². The maximum atomic E-state index is 13.9. The molecule has 0 aliphatic heterocycles. The van der Waals surface area contributed by atoms with Crippen molar-refractivity contribution in [2.75, 3.05) is 45.8 Å². The van der Waals surface area contributed by atoms with E-state index in [0.29, 0.717) is 23.3 Å². The predicted octanol–water partition coefficient (Wildman–Crippen LogP) is 2.37. The van der Waals surface area contributed by atoms with Gasteiger partial charge < -0.3 is 24.6 Å². The molecule has 2 N–H and O–H groups in total. The highest BCUT2D eigenvalue weighted by molar-refractivity contribution is 7.90. The Bertz CT molecular complexity index is 1250. The Kier molecular flexibility index (Phi) is 11.7. The molecule has 0 aliphatic rings. The highest BCUT2D eigenvalue weighted by Gasteiger charge is 2.28. The van der Waals surface area contributed by atoms with Gasteiger partial charge in [-0.3, -0.25) is 9.59 Å². The molecule has 0 fully saturated rings. The summed E-state index contributed by atoms with van der Waals surface area (Å²) in [4.78, 5) is 28.6. The van der Waals surface area contributed by atoms with Gasteiger partial charge in [-0.1, -0.05) is 32.2 Å². The lowest BCUT2D eigenvalue weighted by Crippen LogP contribution is -2.37. The van der Waals surface area contributed by atoms with Gasteiger partial charge in [0.15, 0.2) is 15.6 Å². The molecular weight excluding hydrogens is 510 g/mol. The monoisotopic (exact) mass is 545 g/mol. The minimum atomic E-state index is -3.46. The van der Waals surface area contributed by atoms with Crippen molar-refractivity contribution >= 4 is 21.5 Å². The summed E-state index contributed by atoms with van der Waals surface area (Å²) in [6.07, 6.45) is 4.36. The Hall–Kier alpha value is -3.47. The SMILES string of the molecule is C=CCOc1cc(OCC=C)c(C(=O)c2ccc(S(C)(=O)=O)cc2)c(CC(=O)N(CCO)CCO)c1CC. The smallest absolute Gasteiger partial charge is 0.227 e. The van der Waals surface area contributed by atoms with Crippen LogP contribution in [0.25, 0.3) is 0 Å². The lowest BCUT2D eigenvalue weighted by molar-refractivity contribution is -0.131. The predicted molar refractivity (Wildman–Crippen MR) is 145 cm³/mol. The van der Waals surface area contributed by atoms with E-state index in [-0.39, 0.29) is 67.7 Å². The summed E-state index contributed by atoms with van der Waals surface area (Å²) in [7, 11) is -3.46. The van der Waals surface area contributed by atoms with Crippen molar-refractivity contribution in [2.24, 2.45) is 0 Å². The molecule has 0 aromatic heterocycles. The van der Waals surface area contributed by atoms with Crippen LogP contribution in [0.1, 0.15) is 34.0 Å². The molecule has 2 aromatic carbocycles. The summed E-state index contributed by atoms with van der Waals surface area (Å²) in [5.74, 6) is -0.265. The van der Waals surface area contributed by atoms with E-state index in [1.807, 2.05) is 6.92 Å². The third-order valence-corrected chi connectivity index (χ3v) is 6.86. The minimum absolute atomic E-state index is 0.0174. The summed E-state index contributed by atoms with van der Waals surface area (Å²) in [5, 5.41) is 18.8. The summed E-state index contributed by atoms with van der Waals surface area (Å²) in [6, 6.07) is 7.13. The molecule has 0 heterocycles. The normalized spacial score (nSPS) is 11.1. The molecule has 38 heavy (non-hydrogen) atoms. The molecular formula is C28H35NO8S. The van der Waals surface area contributed by atoms with Crippen LogP contribution in [0.4, 0.5) is 0 Å². The topological polar surface area (TPSA) is 130 Å². The maximum Gasteiger partial charge on any atom is 0.227 e. The fourth-order valence-electron chi connectivity index (χ4n) is 3.96. The van der Waals surface area contributed by atoms with Crippen molar-refractivity contribution in [1.29, 1.82) is 0 Å². The summed E-state index contributed by atoms with van der Waals surface area (Å²) < 4.78 is 35.5. The molecule has 9 nitrogen and oxygen atoms in total. The molecule has 206 valence electrons. The second kappa shape index (κ2) is 14.5. The summed E-state index contributed by atoms with van der Waals surface area (Å²) in [6.45, 7) is 8.91. The zero-order valence-electron chi connectivity index (χ0n) is 21.8. The van der Waals surface area contributed by atoms with Gasteiger partial charge in [0.1, 0.15) is 24.7 Å². The van der Waals surface area contributed by atoms with Gasteiger partial charge in [0.2, 0.25) is 5.91 Å². The standard InChI is InChI=1S/C28H35NO8S/c1-5-16-36-24-19-25(37-17-6-2)27(28(33)20-8-10-21(11-9-20)38(4,34)35)23(22(24)7-3)18-26(32)29(12-14-30)13-15-31/h5-6,8-11,19,30-31H,1-2,7,12-18H2,3-4H3. The summed E-state index contributed by atoms with van der Waals surface area (Å²) >= 11 is 0. The number of hydrogen-bond acceptors (Lipinski definition) is 8. The number of nitrogens with zero attached hydrogens (tertiary/aromatic N) is 1.